The van der Waals surface area contributed by atoms with E-state index in [-0.39, 0.29) is 25.7 Å². The molecule has 42 heavy (non-hydrogen) atoms. The highest BCUT2D eigenvalue weighted by Gasteiger charge is 2.31. The number of carbonyl (C=O) groups excluding carboxylic acids is 3. The minimum Gasteiger partial charge on any atom is -0.494 e. The summed E-state index contributed by atoms with van der Waals surface area (Å²) in [5.41, 5.74) is 6.05. The van der Waals surface area contributed by atoms with Crippen LogP contribution < -0.4 is 26.4 Å². The molecule has 5 atom stereocenters. The first-order valence-electron chi connectivity index (χ1n) is 13.5. The number of nitrogens with two attached hydrogens (primary N) is 1. The molecule has 2 unspecified atom stereocenters. The lowest BCUT2D eigenvalue weighted by atomic mass is 10.0. The van der Waals surface area contributed by atoms with Gasteiger partial charge in [0.25, 0.3) is 0 Å². The summed E-state index contributed by atoms with van der Waals surface area (Å²) in [6, 6.07) is 1.25. The summed E-state index contributed by atoms with van der Waals surface area (Å²) in [6.45, 7) is 5.04. The van der Waals surface area contributed by atoms with Crippen LogP contribution in [0.15, 0.2) is 24.3 Å². The van der Waals surface area contributed by atoms with Crippen molar-refractivity contribution in [1.29, 1.82) is 0 Å². The maximum Gasteiger partial charge on any atom is 0.408 e. The highest BCUT2D eigenvalue weighted by molar-refractivity contribution is 5.89. The highest BCUT2D eigenvalue weighted by atomic mass is 16.6. The van der Waals surface area contributed by atoms with Crippen LogP contribution in [-0.2, 0) is 35.1 Å². The van der Waals surface area contributed by atoms with E-state index in [1.807, 2.05) is 6.92 Å². The lowest BCUT2D eigenvalue weighted by molar-refractivity contribution is -0.144. The van der Waals surface area contributed by atoms with Crippen LogP contribution in [0.4, 0.5) is 4.79 Å². The molecular formula is C27H40N4O11. The van der Waals surface area contributed by atoms with Gasteiger partial charge in [-0.05, 0) is 57.2 Å². The number of nitrogens with one attached hydrogen (secondary N) is 3. The molecule has 0 aromatic heterocycles. The Labute approximate surface area is 243 Å². The van der Waals surface area contributed by atoms with Gasteiger partial charge in [-0.2, -0.15) is 0 Å². The second-order valence-electron chi connectivity index (χ2n) is 9.66. The molecule has 0 fully saturated rings. The average molecular weight is 597 g/mol. The summed E-state index contributed by atoms with van der Waals surface area (Å²) in [4.78, 5) is 71.6. The number of hydrogen-bond acceptors (Lipinski definition) is 9. The third-order valence-corrected chi connectivity index (χ3v) is 6.06. The molecule has 0 aliphatic carbocycles. The van der Waals surface area contributed by atoms with Crippen molar-refractivity contribution < 1.29 is 53.6 Å². The van der Waals surface area contributed by atoms with Crippen molar-refractivity contribution in [2.24, 2.45) is 5.73 Å². The Morgan fingerprint density at radius 1 is 0.857 bits per heavy atom. The molecule has 0 spiro atoms. The van der Waals surface area contributed by atoms with Crippen molar-refractivity contribution in [2.75, 3.05) is 6.61 Å². The molecule has 0 heterocycles. The molecular weight excluding hydrogens is 556 g/mol. The summed E-state index contributed by atoms with van der Waals surface area (Å²) in [7, 11) is 0. The van der Waals surface area contributed by atoms with E-state index >= 15 is 0 Å². The molecule has 0 radical (unpaired) electrons. The SMILES string of the molecule is CCCCOc1ccc(CC(=O)NC(C(=O)O)[C@@H](C)OC(=O)N[C@@H](CCCC(N)C(=O)O)C(=O)N[C@H](C)C(=O)O)cc1. The number of carbonyl (C=O) groups is 6. The van der Waals surface area contributed by atoms with Gasteiger partial charge >= 0.3 is 24.0 Å². The molecule has 0 aliphatic rings. The first kappa shape index (κ1) is 35.6. The number of alkyl carbamates (subject to hydrolysis) is 1. The van der Waals surface area contributed by atoms with E-state index in [0.29, 0.717) is 17.9 Å². The molecule has 1 rings (SSSR count). The molecule has 0 bridgehead atoms. The van der Waals surface area contributed by atoms with Gasteiger partial charge in [0, 0.05) is 0 Å². The number of rotatable bonds is 19. The standard InChI is InChI=1S/C27H40N4O11/c1-4-5-13-41-18-11-9-17(10-12-18)14-21(32)31-22(26(38)39)16(3)42-27(40)30-20(8-6-7-19(28)25(36)37)23(33)29-15(2)24(34)35/h9-12,15-16,19-20,22H,4-8,13-14,28H2,1-3H3,(H,29,33)(H,30,40)(H,31,32)(H,34,35)(H,36,37)(H,38,39)/t15-,16-,19?,20+,22?/m1/s1. The van der Waals surface area contributed by atoms with Crippen LogP contribution >= 0.6 is 0 Å². The maximum absolute atomic E-state index is 12.6. The third-order valence-electron chi connectivity index (χ3n) is 6.06. The van der Waals surface area contributed by atoms with Gasteiger partial charge in [-0.3, -0.25) is 19.2 Å². The van der Waals surface area contributed by atoms with Crippen molar-refractivity contribution in [2.45, 2.75) is 89.6 Å². The van der Waals surface area contributed by atoms with Crippen LogP contribution in [0.25, 0.3) is 0 Å². The van der Waals surface area contributed by atoms with E-state index in [9.17, 15) is 33.9 Å². The predicted octanol–water partition coefficient (Wildman–Crippen LogP) is 0.632. The van der Waals surface area contributed by atoms with Crippen LogP contribution in [0.2, 0.25) is 0 Å². The summed E-state index contributed by atoms with van der Waals surface area (Å²) in [6.07, 6.45) is -0.956. The normalized spacial score (nSPS) is 14.3. The predicted molar refractivity (Wildman–Crippen MR) is 148 cm³/mol. The highest BCUT2D eigenvalue weighted by Crippen LogP contribution is 2.14. The third kappa shape index (κ3) is 13.3. The Kier molecular flexibility index (Phi) is 15.4. The van der Waals surface area contributed by atoms with Crippen molar-refractivity contribution in [3.05, 3.63) is 29.8 Å². The Morgan fingerprint density at radius 2 is 1.50 bits per heavy atom. The summed E-state index contributed by atoms with van der Waals surface area (Å²) < 4.78 is 10.7. The quantitative estimate of drug-likeness (QED) is 0.109. The molecule has 15 nitrogen and oxygen atoms in total. The van der Waals surface area contributed by atoms with E-state index in [1.54, 1.807) is 24.3 Å². The minimum atomic E-state index is -1.63. The second-order valence-corrected chi connectivity index (χ2v) is 9.66. The van der Waals surface area contributed by atoms with Gasteiger partial charge in [0.15, 0.2) is 6.04 Å². The van der Waals surface area contributed by atoms with Crippen LogP contribution in [0.5, 0.6) is 5.75 Å². The molecule has 0 saturated carbocycles. The number of amides is 3. The Morgan fingerprint density at radius 3 is 2.05 bits per heavy atom. The van der Waals surface area contributed by atoms with Crippen molar-refractivity contribution >= 4 is 35.8 Å². The van der Waals surface area contributed by atoms with E-state index in [2.05, 4.69) is 16.0 Å². The van der Waals surface area contributed by atoms with E-state index < -0.39 is 66.1 Å². The number of unbranched alkanes of at least 4 members (excludes halogenated alkanes) is 1. The van der Waals surface area contributed by atoms with Gasteiger partial charge in [0.2, 0.25) is 11.8 Å². The van der Waals surface area contributed by atoms with Gasteiger partial charge in [-0.15, -0.1) is 0 Å². The zero-order chi connectivity index (χ0) is 31.8. The number of hydrogen-bond donors (Lipinski definition) is 7. The molecule has 234 valence electrons. The topological polar surface area (TPSA) is 244 Å². The lowest BCUT2D eigenvalue weighted by Gasteiger charge is -2.24. The van der Waals surface area contributed by atoms with Gasteiger partial charge in [0.05, 0.1) is 13.0 Å². The van der Waals surface area contributed by atoms with Crippen LogP contribution in [0.3, 0.4) is 0 Å². The molecule has 15 heteroatoms. The Hall–Kier alpha value is -4.40. The van der Waals surface area contributed by atoms with Gasteiger partial charge in [-0.25, -0.2) is 9.59 Å². The number of carboxylic acids is 3. The van der Waals surface area contributed by atoms with Crippen LogP contribution in [0, 0.1) is 0 Å². The van der Waals surface area contributed by atoms with E-state index in [0.717, 1.165) is 12.8 Å². The number of ether oxygens (including phenoxy) is 2. The van der Waals surface area contributed by atoms with Crippen LogP contribution in [0.1, 0.15) is 58.4 Å². The first-order chi connectivity index (χ1) is 19.7. The maximum atomic E-state index is 12.6. The fourth-order valence-corrected chi connectivity index (χ4v) is 3.55. The Balaban J connectivity index is 2.80. The van der Waals surface area contributed by atoms with Crippen molar-refractivity contribution in [3.63, 3.8) is 0 Å². The number of aliphatic carboxylic acids is 3. The largest absolute Gasteiger partial charge is 0.494 e. The van der Waals surface area contributed by atoms with Gasteiger partial charge in [0.1, 0.15) is 30.0 Å². The molecule has 0 aliphatic heterocycles. The zero-order valence-corrected chi connectivity index (χ0v) is 23.8. The lowest BCUT2D eigenvalue weighted by Crippen LogP contribution is -2.53. The number of benzene rings is 1. The fourth-order valence-electron chi connectivity index (χ4n) is 3.55. The summed E-state index contributed by atoms with van der Waals surface area (Å²) >= 11 is 0. The van der Waals surface area contributed by atoms with Crippen molar-refractivity contribution in [3.8, 4) is 5.75 Å². The van der Waals surface area contributed by atoms with E-state index in [1.165, 1.54) is 13.8 Å². The monoisotopic (exact) mass is 596 g/mol. The van der Waals surface area contributed by atoms with Gasteiger partial charge in [-0.1, -0.05) is 25.5 Å². The number of carboxylic acid groups (broad SMARTS) is 3. The molecule has 8 N–H and O–H groups in total. The molecule has 3 amide bonds. The summed E-state index contributed by atoms with van der Waals surface area (Å²) in [5.74, 6) is -4.96. The zero-order valence-electron chi connectivity index (χ0n) is 23.8. The van der Waals surface area contributed by atoms with Crippen molar-refractivity contribution in [1.82, 2.24) is 16.0 Å². The molecule has 1 aromatic carbocycles. The molecule has 1 aromatic rings. The second kappa shape index (κ2) is 18.1. The molecule has 0 saturated heterocycles. The smallest absolute Gasteiger partial charge is 0.408 e. The minimum absolute atomic E-state index is 0.0392. The van der Waals surface area contributed by atoms with E-state index in [4.69, 9.17) is 25.4 Å². The van der Waals surface area contributed by atoms with Gasteiger partial charge < -0.3 is 46.5 Å². The Bertz CT molecular complexity index is 1080. The summed E-state index contributed by atoms with van der Waals surface area (Å²) in [5, 5.41) is 34.3. The fraction of sp³-hybridized carbons (Fsp3) is 0.556. The van der Waals surface area contributed by atoms with Crippen LogP contribution in [-0.4, -0.2) is 88.0 Å². The first-order valence-corrected chi connectivity index (χ1v) is 13.5. The average Bonchev–Trinajstić information content (AvgIpc) is 2.91.